The minimum Gasteiger partial charge on any atom is -0.273 e. The molecule has 1 N–H and O–H groups in total. The highest BCUT2D eigenvalue weighted by atomic mass is 16.2. The van der Waals surface area contributed by atoms with E-state index in [0.29, 0.717) is 6.42 Å². The zero-order chi connectivity index (χ0) is 14.8. The van der Waals surface area contributed by atoms with Gasteiger partial charge in [0.25, 0.3) is 0 Å². The number of rotatable bonds is 7. The molecule has 0 atom stereocenters. The first-order valence-corrected chi connectivity index (χ1v) is 7.23. The van der Waals surface area contributed by atoms with E-state index in [1.807, 2.05) is 48.5 Å². The highest BCUT2D eigenvalue weighted by Gasteiger charge is 1.99. The molecule has 0 saturated carbocycles. The average Bonchev–Trinajstić information content (AvgIpc) is 2.54. The van der Waals surface area contributed by atoms with Crippen LogP contribution >= 0.6 is 0 Å². The van der Waals surface area contributed by atoms with Crippen molar-refractivity contribution in [2.75, 3.05) is 0 Å². The van der Waals surface area contributed by atoms with Crippen LogP contribution in [0.2, 0.25) is 0 Å². The van der Waals surface area contributed by atoms with E-state index < -0.39 is 0 Å². The van der Waals surface area contributed by atoms with Gasteiger partial charge in [-0.1, -0.05) is 60.7 Å². The van der Waals surface area contributed by atoms with E-state index in [-0.39, 0.29) is 5.91 Å². The van der Waals surface area contributed by atoms with Gasteiger partial charge in [0, 0.05) is 12.6 Å². The van der Waals surface area contributed by atoms with Crippen LogP contribution in [0, 0.1) is 0 Å². The lowest BCUT2D eigenvalue weighted by Gasteiger charge is -2.00. The Morgan fingerprint density at radius 1 is 0.905 bits per heavy atom. The molecule has 2 rings (SSSR count). The van der Waals surface area contributed by atoms with Crippen molar-refractivity contribution in [1.82, 2.24) is 5.43 Å². The summed E-state index contributed by atoms with van der Waals surface area (Å²) in [4.78, 5) is 11.6. The molecule has 0 aliphatic carbocycles. The molecule has 2 aromatic carbocycles. The van der Waals surface area contributed by atoms with Crippen LogP contribution in [0.5, 0.6) is 0 Å². The van der Waals surface area contributed by atoms with Crippen LogP contribution in [-0.2, 0) is 17.6 Å². The summed E-state index contributed by atoms with van der Waals surface area (Å²) in [5, 5.41) is 3.97. The smallest absolute Gasteiger partial charge is 0.240 e. The van der Waals surface area contributed by atoms with Crippen LogP contribution in [0.1, 0.15) is 24.0 Å². The van der Waals surface area contributed by atoms with Gasteiger partial charge in [-0.3, -0.25) is 4.79 Å². The molecule has 0 heterocycles. The molecule has 1 amide bonds. The molecule has 0 aliphatic heterocycles. The van der Waals surface area contributed by atoms with Crippen molar-refractivity contribution >= 4 is 12.1 Å². The molecule has 108 valence electrons. The van der Waals surface area contributed by atoms with E-state index in [0.717, 1.165) is 19.3 Å². The van der Waals surface area contributed by atoms with E-state index >= 15 is 0 Å². The van der Waals surface area contributed by atoms with Gasteiger partial charge in [0.05, 0.1) is 0 Å². The summed E-state index contributed by atoms with van der Waals surface area (Å²) in [7, 11) is 0. The molecule has 0 bridgehead atoms. The third kappa shape index (κ3) is 6.04. The van der Waals surface area contributed by atoms with Gasteiger partial charge in [-0.2, -0.15) is 5.10 Å². The first-order valence-electron chi connectivity index (χ1n) is 7.23. The number of nitrogens with zero attached hydrogens (tertiary/aromatic N) is 1. The van der Waals surface area contributed by atoms with Crippen molar-refractivity contribution in [3.05, 3.63) is 71.8 Å². The second-order valence-electron chi connectivity index (χ2n) is 4.86. The molecular formula is C18H20N2O. The highest BCUT2D eigenvalue weighted by Crippen LogP contribution is 2.02. The van der Waals surface area contributed by atoms with Gasteiger partial charge in [-0.05, 0) is 30.4 Å². The van der Waals surface area contributed by atoms with Crippen LogP contribution in [0.15, 0.2) is 65.8 Å². The standard InChI is InChI=1S/C18H20N2O/c21-18(14-13-17-10-5-2-6-11-17)20-19-15-7-12-16-8-3-1-4-9-16/h1-6,8-11,15H,7,12-14H2,(H,20,21)/b19-15-. The predicted molar refractivity (Wildman–Crippen MR) is 86.2 cm³/mol. The molecule has 2 aromatic rings. The summed E-state index contributed by atoms with van der Waals surface area (Å²) >= 11 is 0. The first kappa shape index (κ1) is 15.0. The molecule has 0 aliphatic rings. The van der Waals surface area contributed by atoms with Gasteiger partial charge in [0.15, 0.2) is 0 Å². The SMILES string of the molecule is O=C(CCc1ccccc1)N/N=C\CCc1ccccc1. The second kappa shape index (κ2) is 8.69. The number of hydrogen-bond donors (Lipinski definition) is 1. The van der Waals surface area contributed by atoms with Crippen LogP contribution < -0.4 is 5.43 Å². The largest absolute Gasteiger partial charge is 0.273 e. The van der Waals surface area contributed by atoms with Gasteiger partial charge in [-0.25, -0.2) is 5.43 Å². The molecule has 3 nitrogen and oxygen atoms in total. The van der Waals surface area contributed by atoms with Gasteiger partial charge in [0.2, 0.25) is 5.91 Å². The third-order valence-electron chi connectivity index (χ3n) is 3.17. The molecule has 0 radical (unpaired) electrons. The minimum absolute atomic E-state index is 0.0465. The number of hydrogen-bond acceptors (Lipinski definition) is 2. The lowest BCUT2D eigenvalue weighted by atomic mass is 10.1. The molecular weight excluding hydrogens is 260 g/mol. The van der Waals surface area contributed by atoms with Crippen molar-refractivity contribution in [3.8, 4) is 0 Å². The monoisotopic (exact) mass is 280 g/mol. The van der Waals surface area contributed by atoms with Crippen molar-refractivity contribution < 1.29 is 4.79 Å². The molecule has 0 aromatic heterocycles. The van der Waals surface area contributed by atoms with Crippen LogP contribution in [0.4, 0.5) is 0 Å². The van der Waals surface area contributed by atoms with E-state index in [2.05, 4.69) is 22.7 Å². The number of hydrazone groups is 1. The molecule has 3 heteroatoms. The Balaban J connectivity index is 1.61. The minimum atomic E-state index is -0.0465. The number of aryl methyl sites for hydroxylation is 2. The first-order chi connectivity index (χ1) is 10.3. The van der Waals surface area contributed by atoms with E-state index in [4.69, 9.17) is 0 Å². The maximum absolute atomic E-state index is 11.6. The Morgan fingerprint density at radius 3 is 2.10 bits per heavy atom. The molecule has 0 fully saturated rings. The van der Waals surface area contributed by atoms with Crippen molar-refractivity contribution in [1.29, 1.82) is 0 Å². The summed E-state index contributed by atoms with van der Waals surface area (Å²) in [5.74, 6) is -0.0465. The number of carbonyl (C=O) groups is 1. The fraction of sp³-hybridized carbons (Fsp3) is 0.222. The Hall–Kier alpha value is -2.42. The number of benzene rings is 2. The van der Waals surface area contributed by atoms with Crippen LogP contribution in [0.25, 0.3) is 0 Å². The third-order valence-corrected chi connectivity index (χ3v) is 3.17. The summed E-state index contributed by atoms with van der Waals surface area (Å²) in [6.45, 7) is 0. The van der Waals surface area contributed by atoms with Crippen molar-refractivity contribution in [2.24, 2.45) is 5.10 Å². The molecule has 0 spiro atoms. The lowest BCUT2D eigenvalue weighted by Crippen LogP contribution is -2.17. The normalized spacial score (nSPS) is 10.7. The fourth-order valence-corrected chi connectivity index (χ4v) is 2.02. The zero-order valence-corrected chi connectivity index (χ0v) is 12.0. The summed E-state index contributed by atoms with van der Waals surface area (Å²) in [6.07, 6.45) is 4.72. The van der Waals surface area contributed by atoms with Crippen LogP contribution in [-0.4, -0.2) is 12.1 Å². The summed E-state index contributed by atoms with van der Waals surface area (Å²) < 4.78 is 0. The van der Waals surface area contributed by atoms with Crippen molar-refractivity contribution in [3.63, 3.8) is 0 Å². The van der Waals surface area contributed by atoms with E-state index in [9.17, 15) is 4.79 Å². The van der Waals surface area contributed by atoms with Gasteiger partial charge in [0.1, 0.15) is 0 Å². The van der Waals surface area contributed by atoms with Gasteiger partial charge in [-0.15, -0.1) is 0 Å². The van der Waals surface area contributed by atoms with Gasteiger partial charge < -0.3 is 0 Å². The molecule has 0 saturated heterocycles. The van der Waals surface area contributed by atoms with Crippen molar-refractivity contribution in [2.45, 2.75) is 25.7 Å². The van der Waals surface area contributed by atoms with E-state index in [1.165, 1.54) is 11.1 Å². The fourth-order valence-electron chi connectivity index (χ4n) is 2.02. The molecule has 21 heavy (non-hydrogen) atoms. The molecule has 0 unspecified atom stereocenters. The average molecular weight is 280 g/mol. The number of carbonyl (C=O) groups excluding carboxylic acids is 1. The van der Waals surface area contributed by atoms with E-state index in [1.54, 1.807) is 6.21 Å². The Bertz CT molecular complexity index is 564. The Morgan fingerprint density at radius 2 is 1.48 bits per heavy atom. The number of amides is 1. The van der Waals surface area contributed by atoms with Gasteiger partial charge >= 0.3 is 0 Å². The second-order valence-corrected chi connectivity index (χ2v) is 4.86. The quantitative estimate of drug-likeness (QED) is 0.613. The zero-order valence-electron chi connectivity index (χ0n) is 12.0. The summed E-state index contributed by atoms with van der Waals surface area (Å²) in [5.41, 5.74) is 5.01. The maximum atomic E-state index is 11.6. The Kier molecular flexibility index (Phi) is 6.20. The Labute approximate surface area is 125 Å². The topological polar surface area (TPSA) is 41.5 Å². The predicted octanol–water partition coefficient (Wildman–Crippen LogP) is 3.35. The highest BCUT2D eigenvalue weighted by molar-refractivity contribution is 5.76. The van der Waals surface area contributed by atoms with Crippen LogP contribution in [0.3, 0.4) is 0 Å². The summed E-state index contributed by atoms with van der Waals surface area (Å²) in [6, 6.07) is 20.2. The lowest BCUT2D eigenvalue weighted by molar-refractivity contribution is -0.121. The maximum Gasteiger partial charge on any atom is 0.240 e. The number of nitrogens with one attached hydrogen (secondary N) is 1.